The van der Waals surface area contributed by atoms with Crippen molar-refractivity contribution in [1.29, 1.82) is 0 Å². The number of nitrogens with zero attached hydrogens (tertiary/aromatic N) is 1. The maximum atomic E-state index is 12.1. The van der Waals surface area contributed by atoms with Gasteiger partial charge in [0.15, 0.2) is 0 Å². The van der Waals surface area contributed by atoms with Gasteiger partial charge in [0.2, 0.25) is 5.91 Å². The van der Waals surface area contributed by atoms with Crippen molar-refractivity contribution in [2.45, 2.75) is 58.5 Å². The van der Waals surface area contributed by atoms with Gasteiger partial charge in [0.25, 0.3) is 0 Å². The minimum absolute atomic E-state index is 0.0315. The van der Waals surface area contributed by atoms with Crippen molar-refractivity contribution in [3.8, 4) is 0 Å². The zero-order valence-corrected chi connectivity index (χ0v) is 12.4. The van der Waals surface area contributed by atoms with Crippen molar-refractivity contribution >= 4 is 17.2 Å². The first-order valence-corrected chi connectivity index (χ1v) is 7.30. The van der Waals surface area contributed by atoms with Crippen LogP contribution in [-0.2, 0) is 4.79 Å². The zero-order valence-electron chi connectivity index (χ0n) is 11.6. The lowest BCUT2D eigenvalue weighted by Crippen LogP contribution is -2.52. The quantitative estimate of drug-likeness (QED) is 0.834. The lowest BCUT2D eigenvalue weighted by molar-refractivity contribution is -0.126. The Bertz CT molecular complexity index is 401. The lowest BCUT2D eigenvalue weighted by Gasteiger charge is -2.25. The normalized spacial score (nSPS) is 16.1. The van der Waals surface area contributed by atoms with E-state index < -0.39 is 5.54 Å². The van der Waals surface area contributed by atoms with Crippen LogP contribution in [0.15, 0.2) is 5.38 Å². The lowest BCUT2D eigenvalue weighted by atomic mass is 9.96. The van der Waals surface area contributed by atoms with Gasteiger partial charge in [-0.2, -0.15) is 0 Å². The van der Waals surface area contributed by atoms with E-state index in [2.05, 4.69) is 10.3 Å². The zero-order chi connectivity index (χ0) is 13.8. The molecule has 0 aliphatic carbocycles. The predicted octanol–water partition coefficient (Wildman–Crippen LogP) is 2.54. The molecule has 0 spiro atoms. The summed E-state index contributed by atoms with van der Waals surface area (Å²) in [7, 11) is 0. The molecule has 1 aromatic rings. The highest BCUT2D eigenvalue weighted by molar-refractivity contribution is 7.09. The van der Waals surface area contributed by atoms with Gasteiger partial charge in [0.05, 0.1) is 11.6 Å². The van der Waals surface area contributed by atoms with Crippen molar-refractivity contribution < 1.29 is 4.79 Å². The van der Waals surface area contributed by atoms with Crippen molar-refractivity contribution in [2.24, 2.45) is 5.73 Å². The fourth-order valence-electron chi connectivity index (χ4n) is 1.83. The number of amides is 1. The van der Waals surface area contributed by atoms with Gasteiger partial charge in [-0.1, -0.05) is 20.3 Å². The van der Waals surface area contributed by atoms with Gasteiger partial charge in [-0.05, 0) is 26.7 Å². The van der Waals surface area contributed by atoms with E-state index in [-0.39, 0.29) is 11.9 Å². The molecule has 3 N–H and O–H groups in total. The molecule has 0 bridgehead atoms. The maximum Gasteiger partial charge on any atom is 0.240 e. The summed E-state index contributed by atoms with van der Waals surface area (Å²) >= 11 is 1.58. The van der Waals surface area contributed by atoms with Crippen LogP contribution >= 0.6 is 11.3 Å². The van der Waals surface area contributed by atoms with Crippen LogP contribution in [0.4, 0.5) is 0 Å². The third-order valence-corrected chi connectivity index (χ3v) is 4.01. The minimum atomic E-state index is -0.797. The van der Waals surface area contributed by atoms with Crippen LogP contribution in [0.1, 0.15) is 56.8 Å². The molecule has 5 heteroatoms. The summed E-state index contributed by atoms with van der Waals surface area (Å²) in [5, 5.41) is 5.96. The molecule has 0 saturated heterocycles. The molecule has 0 aliphatic heterocycles. The molecule has 0 saturated carbocycles. The standard InChI is InChI=1S/C13H23N3OS/c1-5-7-13(4,14)12(17)16-10(6-2)11-15-9(3)8-18-11/h8,10H,5-7,14H2,1-4H3,(H,16,17). The first-order valence-electron chi connectivity index (χ1n) is 6.42. The van der Waals surface area contributed by atoms with Crippen LogP contribution in [0.2, 0.25) is 0 Å². The predicted molar refractivity (Wildman–Crippen MR) is 75.5 cm³/mol. The highest BCUT2D eigenvalue weighted by Gasteiger charge is 2.29. The molecule has 1 heterocycles. The summed E-state index contributed by atoms with van der Waals surface area (Å²) in [6, 6.07) is -0.0315. The van der Waals surface area contributed by atoms with Crippen LogP contribution in [0.25, 0.3) is 0 Å². The third kappa shape index (κ3) is 3.78. The molecule has 2 atom stereocenters. The number of carbonyl (C=O) groups excluding carboxylic acids is 1. The molecular formula is C13H23N3OS. The second-order valence-corrected chi connectivity index (χ2v) is 5.82. The largest absolute Gasteiger partial charge is 0.345 e. The van der Waals surface area contributed by atoms with Crippen LogP contribution in [0.3, 0.4) is 0 Å². The molecule has 1 amide bonds. The molecule has 0 aliphatic rings. The average Bonchev–Trinajstić information content (AvgIpc) is 2.72. The smallest absolute Gasteiger partial charge is 0.240 e. The first-order chi connectivity index (χ1) is 8.40. The number of nitrogens with one attached hydrogen (secondary N) is 1. The summed E-state index contributed by atoms with van der Waals surface area (Å²) in [4.78, 5) is 16.6. The summed E-state index contributed by atoms with van der Waals surface area (Å²) < 4.78 is 0. The van der Waals surface area contributed by atoms with E-state index in [4.69, 9.17) is 5.73 Å². The molecule has 1 rings (SSSR count). The number of aromatic nitrogens is 1. The number of thiazole rings is 1. The van der Waals surface area contributed by atoms with Crippen LogP contribution in [0, 0.1) is 6.92 Å². The Morgan fingerprint density at radius 3 is 2.72 bits per heavy atom. The third-order valence-electron chi connectivity index (χ3n) is 2.94. The molecule has 102 valence electrons. The molecular weight excluding hydrogens is 246 g/mol. The van der Waals surface area contributed by atoms with E-state index in [1.807, 2.05) is 26.2 Å². The topological polar surface area (TPSA) is 68.0 Å². The molecule has 4 nitrogen and oxygen atoms in total. The Hall–Kier alpha value is -0.940. The number of aryl methyl sites for hydroxylation is 1. The van der Waals surface area contributed by atoms with Crippen LogP contribution in [-0.4, -0.2) is 16.4 Å². The number of hydrogen-bond acceptors (Lipinski definition) is 4. The summed E-state index contributed by atoms with van der Waals surface area (Å²) in [6.07, 6.45) is 2.40. The molecule has 2 unspecified atom stereocenters. The Labute approximate surface area is 113 Å². The van der Waals surface area contributed by atoms with Gasteiger partial charge in [0.1, 0.15) is 5.01 Å². The highest BCUT2D eigenvalue weighted by atomic mass is 32.1. The number of hydrogen-bond donors (Lipinski definition) is 2. The van der Waals surface area contributed by atoms with Gasteiger partial charge >= 0.3 is 0 Å². The molecule has 0 fully saturated rings. The summed E-state index contributed by atoms with van der Waals surface area (Å²) in [5.74, 6) is -0.0935. The second kappa shape index (κ2) is 6.29. The maximum absolute atomic E-state index is 12.1. The average molecular weight is 269 g/mol. The van der Waals surface area contributed by atoms with Crippen molar-refractivity contribution in [1.82, 2.24) is 10.3 Å². The molecule has 1 aromatic heterocycles. The number of rotatable bonds is 6. The van der Waals surface area contributed by atoms with Gasteiger partial charge in [-0.3, -0.25) is 4.79 Å². The molecule has 0 aromatic carbocycles. The van der Waals surface area contributed by atoms with Gasteiger partial charge in [-0.15, -0.1) is 11.3 Å². The van der Waals surface area contributed by atoms with Crippen LogP contribution < -0.4 is 11.1 Å². The second-order valence-electron chi connectivity index (χ2n) is 4.93. The van der Waals surface area contributed by atoms with Crippen LogP contribution in [0.5, 0.6) is 0 Å². The van der Waals surface area contributed by atoms with E-state index in [0.29, 0.717) is 6.42 Å². The summed E-state index contributed by atoms with van der Waals surface area (Å²) in [5.41, 5.74) is 6.22. The molecule has 18 heavy (non-hydrogen) atoms. The van der Waals surface area contributed by atoms with Crippen molar-refractivity contribution in [3.63, 3.8) is 0 Å². The van der Waals surface area contributed by atoms with Crippen molar-refractivity contribution in [3.05, 3.63) is 16.1 Å². The Morgan fingerprint density at radius 1 is 1.61 bits per heavy atom. The van der Waals surface area contributed by atoms with Crippen molar-refractivity contribution in [2.75, 3.05) is 0 Å². The van der Waals surface area contributed by atoms with E-state index in [9.17, 15) is 4.79 Å². The van der Waals surface area contributed by atoms with E-state index in [1.165, 1.54) is 0 Å². The monoisotopic (exact) mass is 269 g/mol. The summed E-state index contributed by atoms with van der Waals surface area (Å²) in [6.45, 7) is 7.81. The molecule has 0 radical (unpaired) electrons. The number of nitrogens with two attached hydrogens (primary N) is 1. The Morgan fingerprint density at radius 2 is 2.28 bits per heavy atom. The van der Waals surface area contributed by atoms with E-state index in [0.717, 1.165) is 23.5 Å². The Kier molecular flexibility index (Phi) is 5.28. The van der Waals surface area contributed by atoms with E-state index >= 15 is 0 Å². The van der Waals surface area contributed by atoms with Gasteiger partial charge in [0, 0.05) is 11.1 Å². The fourth-order valence-corrected chi connectivity index (χ4v) is 2.76. The minimum Gasteiger partial charge on any atom is -0.345 e. The van der Waals surface area contributed by atoms with Gasteiger partial charge < -0.3 is 11.1 Å². The van der Waals surface area contributed by atoms with Gasteiger partial charge in [-0.25, -0.2) is 4.98 Å². The SMILES string of the molecule is CCCC(C)(N)C(=O)NC(CC)c1nc(C)cs1. The fraction of sp³-hybridized carbons (Fsp3) is 0.692. The highest BCUT2D eigenvalue weighted by Crippen LogP contribution is 2.22. The number of carbonyl (C=O) groups is 1. The Balaban J connectivity index is 2.72. The first kappa shape index (κ1) is 15.1. The van der Waals surface area contributed by atoms with E-state index in [1.54, 1.807) is 18.3 Å².